The van der Waals surface area contributed by atoms with Gasteiger partial charge in [0.1, 0.15) is 0 Å². The van der Waals surface area contributed by atoms with E-state index in [1.807, 2.05) is 20.8 Å². The van der Waals surface area contributed by atoms with Crippen LogP contribution >= 0.6 is 0 Å². The third-order valence-corrected chi connectivity index (χ3v) is 3.08. The molecule has 0 saturated carbocycles. The summed E-state index contributed by atoms with van der Waals surface area (Å²) in [6.45, 7) is 6.93. The molecule has 1 aromatic rings. The maximum absolute atomic E-state index is 13.5. The van der Waals surface area contributed by atoms with E-state index < -0.39 is 17.5 Å². The zero-order valence-corrected chi connectivity index (χ0v) is 11.0. The van der Waals surface area contributed by atoms with Crippen LogP contribution < -0.4 is 0 Å². The third-order valence-electron chi connectivity index (χ3n) is 3.08. The lowest BCUT2D eigenvalue weighted by atomic mass is 10.1. The maximum atomic E-state index is 13.5. The number of benzene rings is 1. The predicted octanol–water partition coefficient (Wildman–Crippen LogP) is 3.47. The van der Waals surface area contributed by atoms with Gasteiger partial charge in [-0.1, -0.05) is 26.3 Å². The van der Waals surface area contributed by atoms with Crippen LogP contribution in [-0.4, -0.2) is 23.9 Å². The van der Waals surface area contributed by atoms with Crippen LogP contribution in [0.4, 0.5) is 8.78 Å². The molecule has 0 aliphatic rings. The summed E-state index contributed by atoms with van der Waals surface area (Å²) in [4.78, 5) is 13.7. The van der Waals surface area contributed by atoms with E-state index in [1.54, 1.807) is 4.90 Å². The summed E-state index contributed by atoms with van der Waals surface area (Å²) in [5.74, 6) is -2.16. The molecular formula is C14H19F2NO. The minimum Gasteiger partial charge on any atom is -0.339 e. The highest BCUT2D eigenvalue weighted by Gasteiger charge is 2.21. The van der Waals surface area contributed by atoms with Gasteiger partial charge in [-0.3, -0.25) is 4.79 Å². The fourth-order valence-corrected chi connectivity index (χ4v) is 1.70. The van der Waals surface area contributed by atoms with E-state index in [0.29, 0.717) is 19.0 Å². The molecule has 1 amide bonds. The molecule has 1 aromatic carbocycles. The van der Waals surface area contributed by atoms with Gasteiger partial charge >= 0.3 is 0 Å². The Morgan fingerprint density at radius 2 is 2.00 bits per heavy atom. The lowest BCUT2D eigenvalue weighted by Crippen LogP contribution is -2.35. The fraction of sp³-hybridized carbons (Fsp3) is 0.500. The van der Waals surface area contributed by atoms with Gasteiger partial charge in [0.15, 0.2) is 11.6 Å². The highest BCUT2D eigenvalue weighted by atomic mass is 19.2. The Balaban J connectivity index is 2.93. The standard InChI is InChI=1S/C14H19F2NO/c1-4-10(3)9-17(5-2)14(18)11-7-6-8-12(15)13(11)16/h6-8,10H,4-5,9H2,1-3H3. The molecule has 0 radical (unpaired) electrons. The molecule has 4 heteroatoms. The van der Waals surface area contributed by atoms with Crippen molar-refractivity contribution in [3.8, 4) is 0 Å². The van der Waals surface area contributed by atoms with E-state index in [-0.39, 0.29) is 5.56 Å². The summed E-state index contributed by atoms with van der Waals surface area (Å²) >= 11 is 0. The van der Waals surface area contributed by atoms with Crippen molar-refractivity contribution in [2.24, 2.45) is 5.92 Å². The monoisotopic (exact) mass is 255 g/mol. The second-order valence-corrected chi connectivity index (χ2v) is 4.46. The number of carbonyl (C=O) groups is 1. The van der Waals surface area contributed by atoms with E-state index in [0.717, 1.165) is 12.5 Å². The largest absolute Gasteiger partial charge is 0.339 e. The second kappa shape index (κ2) is 6.47. The van der Waals surface area contributed by atoms with Crippen LogP contribution in [-0.2, 0) is 0 Å². The first kappa shape index (κ1) is 14.6. The van der Waals surface area contributed by atoms with Crippen molar-refractivity contribution in [1.29, 1.82) is 0 Å². The van der Waals surface area contributed by atoms with Crippen LogP contribution in [0.5, 0.6) is 0 Å². The molecule has 18 heavy (non-hydrogen) atoms. The Morgan fingerprint density at radius 1 is 1.33 bits per heavy atom. The molecule has 0 fully saturated rings. The quantitative estimate of drug-likeness (QED) is 0.789. The summed E-state index contributed by atoms with van der Waals surface area (Å²) in [6, 6.07) is 3.68. The molecule has 0 aliphatic carbocycles. The maximum Gasteiger partial charge on any atom is 0.256 e. The Hall–Kier alpha value is -1.45. The molecule has 1 atom stereocenters. The van der Waals surface area contributed by atoms with Gasteiger partial charge < -0.3 is 4.90 Å². The lowest BCUT2D eigenvalue weighted by molar-refractivity contribution is 0.0735. The molecule has 1 unspecified atom stereocenters. The van der Waals surface area contributed by atoms with Crippen LogP contribution in [0.15, 0.2) is 18.2 Å². The van der Waals surface area contributed by atoms with Crippen molar-refractivity contribution in [2.45, 2.75) is 27.2 Å². The summed E-state index contributed by atoms with van der Waals surface area (Å²) in [7, 11) is 0. The number of amides is 1. The molecule has 0 bridgehead atoms. The van der Waals surface area contributed by atoms with Crippen LogP contribution in [0, 0.1) is 17.6 Å². The summed E-state index contributed by atoms with van der Waals surface area (Å²) < 4.78 is 26.6. The van der Waals surface area contributed by atoms with Gasteiger partial charge in [-0.2, -0.15) is 0 Å². The highest BCUT2D eigenvalue weighted by molar-refractivity contribution is 5.94. The van der Waals surface area contributed by atoms with Crippen molar-refractivity contribution >= 4 is 5.91 Å². The van der Waals surface area contributed by atoms with Gasteiger partial charge in [-0.15, -0.1) is 0 Å². The first-order valence-electron chi connectivity index (χ1n) is 6.24. The van der Waals surface area contributed by atoms with E-state index in [2.05, 4.69) is 0 Å². The molecule has 100 valence electrons. The zero-order chi connectivity index (χ0) is 13.7. The Kier molecular flexibility index (Phi) is 5.25. The molecule has 0 spiro atoms. The normalized spacial score (nSPS) is 12.3. The molecule has 1 rings (SSSR count). The number of rotatable bonds is 5. The average Bonchev–Trinajstić information content (AvgIpc) is 2.38. The highest BCUT2D eigenvalue weighted by Crippen LogP contribution is 2.15. The number of halogens is 2. The van der Waals surface area contributed by atoms with Crippen LogP contribution in [0.1, 0.15) is 37.6 Å². The predicted molar refractivity (Wildman–Crippen MR) is 67.4 cm³/mol. The number of nitrogens with zero attached hydrogens (tertiary/aromatic N) is 1. The average molecular weight is 255 g/mol. The second-order valence-electron chi connectivity index (χ2n) is 4.46. The summed E-state index contributed by atoms with van der Waals surface area (Å²) in [5, 5.41) is 0. The van der Waals surface area contributed by atoms with Gasteiger partial charge in [0.05, 0.1) is 5.56 Å². The summed E-state index contributed by atoms with van der Waals surface area (Å²) in [5.41, 5.74) is -0.194. The Labute approximate surface area is 107 Å². The molecule has 0 heterocycles. The third kappa shape index (κ3) is 3.28. The van der Waals surface area contributed by atoms with Crippen LogP contribution in [0.25, 0.3) is 0 Å². The van der Waals surface area contributed by atoms with E-state index in [1.165, 1.54) is 12.1 Å². The number of hydrogen-bond donors (Lipinski definition) is 0. The van der Waals surface area contributed by atoms with Crippen LogP contribution in [0.3, 0.4) is 0 Å². The van der Waals surface area contributed by atoms with Gasteiger partial charge in [0.2, 0.25) is 0 Å². The molecule has 0 aliphatic heterocycles. The zero-order valence-electron chi connectivity index (χ0n) is 11.0. The lowest BCUT2D eigenvalue weighted by Gasteiger charge is -2.24. The SMILES string of the molecule is CCC(C)CN(CC)C(=O)c1cccc(F)c1F. The van der Waals surface area contributed by atoms with Gasteiger partial charge in [-0.25, -0.2) is 8.78 Å². The topological polar surface area (TPSA) is 20.3 Å². The Morgan fingerprint density at radius 3 is 2.56 bits per heavy atom. The Bertz CT molecular complexity index is 420. The van der Waals surface area contributed by atoms with Crippen molar-refractivity contribution < 1.29 is 13.6 Å². The number of carbonyl (C=O) groups excluding carboxylic acids is 1. The first-order valence-corrected chi connectivity index (χ1v) is 6.24. The minimum absolute atomic E-state index is 0.194. The van der Waals surface area contributed by atoms with Gasteiger partial charge in [-0.05, 0) is 25.0 Å². The fourth-order valence-electron chi connectivity index (χ4n) is 1.70. The number of hydrogen-bond acceptors (Lipinski definition) is 1. The van der Waals surface area contributed by atoms with Crippen molar-refractivity contribution in [3.63, 3.8) is 0 Å². The van der Waals surface area contributed by atoms with Crippen molar-refractivity contribution in [2.75, 3.05) is 13.1 Å². The van der Waals surface area contributed by atoms with E-state index in [9.17, 15) is 13.6 Å². The first-order chi connectivity index (χ1) is 8.51. The van der Waals surface area contributed by atoms with E-state index in [4.69, 9.17) is 0 Å². The molecule has 0 N–H and O–H groups in total. The molecule has 0 saturated heterocycles. The smallest absolute Gasteiger partial charge is 0.256 e. The molecule has 0 aromatic heterocycles. The molecule has 2 nitrogen and oxygen atoms in total. The van der Waals surface area contributed by atoms with E-state index >= 15 is 0 Å². The van der Waals surface area contributed by atoms with Gasteiger partial charge in [0, 0.05) is 13.1 Å². The van der Waals surface area contributed by atoms with Crippen LogP contribution in [0.2, 0.25) is 0 Å². The van der Waals surface area contributed by atoms with Crippen molar-refractivity contribution in [1.82, 2.24) is 4.90 Å². The minimum atomic E-state index is -1.06. The van der Waals surface area contributed by atoms with Gasteiger partial charge in [0.25, 0.3) is 5.91 Å². The molecular weight excluding hydrogens is 236 g/mol. The van der Waals surface area contributed by atoms with Crippen molar-refractivity contribution in [3.05, 3.63) is 35.4 Å². The summed E-state index contributed by atoms with van der Waals surface area (Å²) in [6.07, 6.45) is 0.940.